The molecule has 0 saturated carbocycles. The Balaban J connectivity index is 0.00000341. The molecule has 1 aromatic rings. The Bertz CT molecular complexity index is 787. The number of benzene rings is 1. The van der Waals surface area contributed by atoms with Gasteiger partial charge in [-0.05, 0) is 43.6 Å². The van der Waals surface area contributed by atoms with Crippen LogP contribution in [0.3, 0.4) is 0 Å². The molecular formula is C20H28ClF3N4O3. The molecule has 2 heterocycles. The van der Waals surface area contributed by atoms with Gasteiger partial charge in [0, 0.05) is 31.9 Å². The molecule has 2 N–H and O–H groups in total. The van der Waals surface area contributed by atoms with Crippen LogP contribution in [0.15, 0.2) is 18.2 Å². The summed E-state index contributed by atoms with van der Waals surface area (Å²) < 4.78 is 43.4. The van der Waals surface area contributed by atoms with Gasteiger partial charge < -0.3 is 25.2 Å². The summed E-state index contributed by atoms with van der Waals surface area (Å²) in [7, 11) is 1.32. The maximum Gasteiger partial charge on any atom is 0.416 e. The Kier molecular flexibility index (Phi) is 8.41. The lowest BCUT2D eigenvalue weighted by Crippen LogP contribution is -2.59. The van der Waals surface area contributed by atoms with E-state index < -0.39 is 17.8 Å². The number of nitrogens with zero attached hydrogens (tertiary/aromatic N) is 3. The van der Waals surface area contributed by atoms with Gasteiger partial charge in [0.25, 0.3) is 0 Å². The van der Waals surface area contributed by atoms with Gasteiger partial charge in [0.05, 0.1) is 25.1 Å². The number of hydrogen-bond donors (Lipinski definition) is 1. The van der Waals surface area contributed by atoms with Gasteiger partial charge in [0.15, 0.2) is 0 Å². The number of likely N-dealkylation sites (tertiary alicyclic amines) is 1. The quantitative estimate of drug-likeness (QED) is 0.693. The summed E-state index contributed by atoms with van der Waals surface area (Å²) in [5.74, 6) is -0.213. The minimum absolute atomic E-state index is 0. The smallest absolute Gasteiger partial charge is 0.416 e. The van der Waals surface area contributed by atoms with E-state index in [9.17, 15) is 22.8 Å². The first-order valence-electron chi connectivity index (χ1n) is 9.99. The van der Waals surface area contributed by atoms with Crippen molar-refractivity contribution in [2.75, 3.05) is 52.1 Å². The standard InChI is InChI=1S/C20H27F3N4O3.ClH/c1-30-19(29)26-8-9-27(16(13-26)12-25-6-2-3-7-25)18(28)10-14-4-5-15(11-17(14)24)20(21,22)23;/h4-5,11,16H,2-3,6-10,12-13,24H2,1H3;1H/t16-;/m1./s1. The molecule has 3 rings (SSSR count). The molecule has 2 saturated heterocycles. The van der Waals surface area contributed by atoms with E-state index in [-0.39, 0.29) is 36.5 Å². The largest absolute Gasteiger partial charge is 0.453 e. The number of hydrogen-bond acceptors (Lipinski definition) is 5. The first-order chi connectivity index (χ1) is 14.2. The molecule has 1 atom stereocenters. The first-order valence-corrected chi connectivity index (χ1v) is 9.99. The molecule has 0 aromatic heterocycles. The summed E-state index contributed by atoms with van der Waals surface area (Å²) in [4.78, 5) is 30.5. The number of nitrogen functional groups attached to an aromatic ring is 1. The van der Waals surface area contributed by atoms with Crippen molar-refractivity contribution in [1.29, 1.82) is 0 Å². The number of piperazine rings is 1. The third-order valence-corrected chi connectivity index (χ3v) is 5.72. The molecule has 2 fully saturated rings. The maximum absolute atomic E-state index is 13.0. The molecule has 11 heteroatoms. The zero-order chi connectivity index (χ0) is 21.9. The topological polar surface area (TPSA) is 79.1 Å². The molecule has 2 aliphatic rings. The second kappa shape index (κ2) is 10.4. The molecular weight excluding hydrogens is 437 g/mol. The maximum atomic E-state index is 13.0. The molecule has 0 bridgehead atoms. The predicted octanol–water partition coefficient (Wildman–Crippen LogP) is 2.63. The number of alkyl halides is 3. The van der Waals surface area contributed by atoms with Gasteiger partial charge in [-0.15, -0.1) is 12.4 Å². The number of ether oxygens (including phenoxy) is 1. The van der Waals surface area contributed by atoms with E-state index in [1.807, 2.05) is 0 Å². The molecule has 2 amide bonds. The lowest BCUT2D eigenvalue weighted by Gasteiger charge is -2.42. The molecule has 0 spiro atoms. The highest BCUT2D eigenvalue weighted by atomic mass is 35.5. The normalized spacial score (nSPS) is 19.8. The van der Waals surface area contributed by atoms with Crippen LogP contribution >= 0.6 is 12.4 Å². The van der Waals surface area contributed by atoms with E-state index in [2.05, 4.69) is 4.90 Å². The fourth-order valence-corrected chi connectivity index (χ4v) is 4.09. The van der Waals surface area contributed by atoms with Crippen molar-refractivity contribution in [3.05, 3.63) is 29.3 Å². The van der Waals surface area contributed by atoms with Gasteiger partial charge >= 0.3 is 12.3 Å². The summed E-state index contributed by atoms with van der Waals surface area (Å²) in [6.07, 6.45) is -2.80. The number of nitrogens with two attached hydrogens (primary N) is 1. The number of anilines is 1. The minimum atomic E-state index is -4.48. The van der Waals surface area contributed by atoms with Gasteiger partial charge in [0.1, 0.15) is 0 Å². The molecule has 31 heavy (non-hydrogen) atoms. The molecule has 0 unspecified atom stereocenters. The van der Waals surface area contributed by atoms with Crippen LogP contribution in [-0.2, 0) is 22.1 Å². The predicted molar refractivity (Wildman–Crippen MR) is 112 cm³/mol. The number of rotatable bonds is 4. The highest BCUT2D eigenvalue weighted by Gasteiger charge is 2.35. The first kappa shape index (κ1) is 25.1. The summed E-state index contributed by atoms with van der Waals surface area (Å²) in [6, 6.07) is 2.85. The van der Waals surface area contributed by atoms with E-state index in [1.165, 1.54) is 13.2 Å². The second-order valence-corrected chi connectivity index (χ2v) is 7.75. The summed E-state index contributed by atoms with van der Waals surface area (Å²) >= 11 is 0. The van der Waals surface area contributed by atoms with Crippen LogP contribution in [0.1, 0.15) is 24.0 Å². The van der Waals surface area contributed by atoms with Crippen LogP contribution in [0, 0.1) is 0 Å². The summed E-state index contributed by atoms with van der Waals surface area (Å²) in [6.45, 7) is 3.58. The van der Waals surface area contributed by atoms with Crippen LogP contribution in [-0.4, -0.2) is 79.1 Å². The molecule has 1 aromatic carbocycles. The van der Waals surface area contributed by atoms with Crippen LogP contribution < -0.4 is 5.73 Å². The van der Waals surface area contributed by atoms with Gasteiger partial charge in [-0.1, -0.05) is 6.07 Å². The van der Waals surface area contributed by atoms with E-state index in [0.29, 0.717) is 31.7 Å². The molecule has 0 radical (unpaired) electrons. The van der Waals surface area contributed by atoms with Crippen LogP contribution in [0.4, 0.5) is 23.7 Å². The van der Waals surface area contributed by atoms with E-state index in [4.69, 9.17) is 10.5 Å². The Labute approximate surface area is 185 Å². The zero-order valence-corrected chi connectivity index (χ0v) is 18.2. The lowest BCUT2D eigenvalue weighted by atomic mass is 10.0. The number of amides is 2. The lowest BCUT2D eigenvalue weighted by molar-refractivity contribution is -0.137. The molecule has 7 nitrogen and oxygen atoms in total. The Morgan fingerprint density at radius 3 is 2.42 bits per heavy atom. The fourth-order valence-electron chi connectivity index (χ4n) is 4.09. The number of carbonyl (C=O) groups excluding carboxylic acids is 2. The molecule has 174 valence electrons. The van der Waals surface area contributed by atoms with Crippen molar-refractivity contribution in [2.45, 2.75) is 31.5 Å². The van der Waals surface area contributed by atoms with Gasteiger partial charge in [-0.2, -0.15) is 13.2 Å². The minimum Gasteiger partial charge on any atom is -0.453 e. The van der Waals surface area contributed by atoms with E-state index in [0.717, 1.165) is 38.1 Å². The van der Waals surface area contributed by atoms with Gasteiger partial charge in [0.2, 0.25) is 5.91 Å². The average molecular weight is 465 g/mol. The summed E-state index contributed by atoms with van der Waals surface area (Å²) in [5.41, 5.74) is 5.27. The van der Waals surface area contributed by atoms with Crippen LogP contribution in [0.5, 0.6) is 0 Å². The third-order valence-electron chi connectivity index (χ3n) is 5.72. The van der Waals surface area contributed by atoms with Crippen molar-refractivity contribution in [3.63, 3.8) is 0 Å². The highest BCUT2D eigenvalue weighted by molar-refractivity contribution is 5.85. The number of halogens is 4. The SMILES string of the molecule is COC(=O)N1CCN(C(=O)Cc2ccc(C(F)(F)F)cc2N)[C@H](CN2CCCC2)C1.Cl. The zero-order valence-electron chi connectivity index (χ0n) is 17.4. The number of carbonyl (C=O) groups is 2. The Morgan fingerprint density at radius 1 is 1.16 bits per heavy atom. The van der Waals surface area contributed by atoms with Crippen LogP contribution in [0.2, 0.25) is 0 Å². The number of methoxy groups -OCH3 is 1. The van der Waals surface area contributed by atoms with Crippen molar-refractivity contribution in [1.82, 2.24) is 14.7 Å². The third kappa shape index (κ3) is 6.16. The van der Waals surface area contributed by atoms with E-state index in [1.54, 1.807) is 9.80 Å². The summed E-state index contributed by atoms with van der Waals surface area (Å²) in [5, 5.41) is 0. The van der Waals surface area contributed by atoms with Crippen molar-refractivity contribution in [3.8, 4) is 0 Å². The highest BCUT2D eigenvalue weighted by Crippen LogP contribution is 2.31. The van der Waals surface area contributed by atoms with Crippen molar-refractivity contribution in [2.24, 2.45) is 0 Å². The Hall–Kier alpha value is -2.20. The molecule has 2 aliphatic heterocycles. The monoisotopic (exact) mass is 464 g/mol. The van der Waals surface area contributed by atoms with Crippen LogP contribution in [0.25, 0.3) is 0 Å². The second-order valence-electron chi connectivity index (χ2n) is 7.75. The fraction of sp³-hybridized carbons (Fsp3) is 0.600. The van der Waals surface area contributed by atoms with Crippen molar-refractivity contribution >= 4 is 30.1 Å². The molecule has 0 aliphatic carbocycles. The Morgan fingerprint density at radius 2 is 1.84 bits per heavy atom. The average Bonchev–Trinajstić information content (AvgIpc) is 3.21. The van der Waals surface area contributed by atoms with Gasteiger partial charge in [-0.25, -0.2) is 4.79 Å². The van der Waals surface area contributed by atoms with Crippen molar-refractivity contribution < 1.29 is 27.5 Å². The van der Waals surface area contributed by atoms with E-state index >= 15 is 0 Å². The van der Waals surface area contributed by atoms with Gasteiger partial charge in [-0.3, -0.25) is 4.79 Å².